The number of carboxylic acid groups (broad SMARTS) is 1. The Kier molecular flexibility index (Phi) is 6.60. The molecule has 6 heteroatoms. The number of carboxylic acids is 1. The summed E-state index contributed by atoms with van der Waals surface area (Å²) in [6.07, 6.45) is 1.73. The molecule has 1 heterocycles. The molecule has 1 unspecified atom stereocenters. The van der Waals surface area contributed by atoms with Crippen LogP contribution in [0.15, 0.2) is 89.9 Å². The van der Waals surface area contributed by atoms with E-state index in [0.717, 1.165) is 30.6 Å². The zero-order valence-electron chi connectivity index (χ0n) is 17.6. The van der Waals surface area contributed by atoms with Gasteiger partial charge in [-0.3, -0.25) is 14.6 Å². The van der Waals surface area contributed by atoms with E-state index in [0.29, 0.717) is 17.0 Å². The van der Waals surface area contributed by atoms with Crippen LogP contribution in [0, 0.1) is 0 Å². The van der Waals surface area contributed by atoms with Crippen LogP contribution in [0.3, 0.4) is 0 Å². The zero-order valence-corrected chi connectivity index (χ0v) is 17.6. The highest BCUT2D eigenvalue weighted by Gasteiger charge is 2.31. The molecule has 2 N–H and O–H groups in total. The predicted molar refractivity (Wildman–Crippen MR) is 126 cm³/mol. The number of anilines is 2. The van der Waals surface area contributed by atoms with Crippen LogP contribution in [-0.2, 0) is 9.59 Å². The first-order valence-corrected chi connectivity index (χ1v) is 10.7. The molecule has 1 aliphatic heterocycles. The maximum atomic E-state index is 13.3. The fourth-order valence-electron chi connectivity index (χ4n) is 4.06. The standard InChI is InChI=1S/C26H25N3O3/c30-24(31)18-27-25(19-10-3-1-4-11-19)21-14-7-8-15-22(21)28-26(32)23-16-9-17-29(23)20-12-5-2-6-13-20/h1-8,10-15,23H,9,16-18H2,(H,28,32)(H,30,31)/i27+1. The largest absolute Gasteiger partial charge is 0.480 e. The van der Waals surface area contributed by atoms with Gasteiger partial charge in [-0.25, -0.2) is 0 Å². The molecule has 1 fully saturated rings. The minimum absolute atomic E-state index is 0.0792. The molecule has 1 atom stereocenters. The number of nitrogens with zero attached hydrogens (tertiary/aromatic N) is 2. The number of amides is 1. The second-order valence-corrected chi connectivity index (χ2v) is 7.65. The average Bonchev–Trinajstić information content (AvgIpc) is 3.32. The zero-order chi connectivity index (χ0) is 22.3. The van der Waals surface area contributed by atoms with Crippen molar-refractivity contribution in [2.75, 3.05) is 23.3 Å². The van der Waals surface area contributed by atoms with E-state index in [4.69, 9.17) is 5.11 Å². The molecule has 0 spiro atoms. The van der Waals surface area contributed by atoms with Crippen molar-refractivity contribution in [1.29, 1.82) is 0 Å². The molecule has 0 bridgehead atoms. The molecule has 0 radical (unpaired) electrons. The Bertz CT molecular complexity index is 1110. The van der Waals surface area contributed by atoms with Crippen molar-refractivity contribution >= 4 is 29.0 Å². The molecule has 0 aromatic heterocycles. The predicted octanol–water partition coefficient (Wildman–Crippen LogP) is 4.22. The quantitative estimate of drug-likeness (QED) is 0.436. The minimum Gasteiger partial charge on any atom is -0.480 e. The summed E-state index contributed by atoms with van der Waals surface area (Å²) < 4.78 is 0. The van der Waals surface area contributed by atoms with Crippen molar-refractivity contribution < 1.29 is 14.7 Å². The SMILES string of the molecule is O=C(O)C[15N]=C(c1ccccc1)c1ccccc1NC(=O)C1CCCN1c1ccccc1. The van der Waals surface area contributed by atoms with Crippen molar-refractivity contribution in [3.05, 3.63) is 96.1 Å². The number of rotatable bonds is 7. The van der Waals surface area contributed by atoms with Crippen LogP contribution in [-0.4, -0.2) is 41.8 Å². The molecule has 6 nitrogen and oxygen atoms in total. The summed E-state index contributed by atoms with van der Waals surface area (Å²) in [4.78, 5) is 31.0. The summed E-state index contributed by atoms with van der Waals surface area (Å²) in [7, 11) is 0. The van der Waals surface area contributed by atoms with E-state index in [-0.39, 0.29) is 18.5 Å². The smallest absolute Gasteiger partial charge is 0.325 e. The van der Waals surface area contributed by atoms with Gasteiger partial charge in [0.15, 0.2) is 0 Å². The van der Waals surface area contributed by atoms with Crippen molar-refractivity contribution in [2.45, 2.75) is 18.9 Å². The molecule has 3 aromatic rings. The van der Waals surface area contributed by atoms with E-state index >= 15 is 0 Å². The van der Waals surface area contributed by atoms with Crippen LogP contribution in [0.1, 0.15) is 24.0 Å². The third-order valence-electron chi connectivity index (χ3n) is 5.50. The van der Waals surface area contributed by atoms with Gasteiger partial charge in [0, 0.05) is 23.4 Å². The lowest BCUT2D eigenvalue weighted by atomic mass is 10.0. The number of para-hydroxylation sites is 2. The third kappa shape index (κ3) is 4.86. The molecule has 0 aliphatic carbocycles. The summed E-state index contributed by atoms with van der Waals surface area (Å²) >= 11 is 0. The number of aliphatic carboxylic acids is 1. The Morgan fingerprint density at radius 3 is 2.31 bits per heavy atom. The Morgan fingerprint density at radius 2 is 1.59 bits per heavy atom. The first kappa shape index (κ1) is 21.3. The first-order chi connectivity index (χ1) is 15.6. The first-order valence-electron chi connectivity index (χ1n) is 10.7. The normalized spacial score (nSPS) is 16.1. The van der Waals surface area contributed by atoms with Crippen molar-refractivity contribution in [1.82, 2.24) is 0 Å². The topological polar surface area (TPSA) is 82.0 Å². The van der Waals surface area contributed by atoms with Crippen LogP contribution in [0.4, 0.5) is 11.4 Å². The molecule has 0 saturated carbocycles. The van der Waals surface area contributed by atoms with Crippen LogP contribution in [0.25, 0.3) is 0 Å². The van der Waals surface area contributed by atoms with Gasteiger partial charge in [0.1, 0.15) is 12.6 Å². The summed E-state index contributed by atoms with van der Waals surface area (Å²) in [6.45, 7) is 0.482. The number of benzene rings is 3. The lowest BCUT2D eigenvalue weighted by Crippen LogP contribution is -2.40. The summed E-state index contributed by atoms with van der Waals surface area (Å²) in [6, 6.07) is 26.5. The second-order valence-electron chi connectivity index (χ2n) is 7.65. The fourth-order valence-corrected chi connectivity index (χ4v) is 4.06. The summed E-state index contributed by atoms with van der Waals surface area (Å²) in [5.41, 5.74) is 3.67. The number of nitrogens with one attached hydrogen (secondary N) is 1. The number of hydrogen-bond donors (Lipinski definition) is 2. The van der Waals surface area contributed by atoms with E-state index in [1.807, 2.05) is 84.9 Å². The maximum absolute atomic E-state index is 13.3. The van der Waals surface area contributed by atoms with Gasteiger partial charge in [0.2, 0.25) is 5.91 Å². The molecular formula is C26H25N3O3. The van der Waals surface area contributed by atoms with Crippen LogP contribution in [0.2, 0.25) is 0 Å². The highest BCUT2D eigenvalue weighted by atomic mass is 16.4. The summed E-state index contributed by atoms with van der Waals surface area (Å²) in [5, 5.41) is 12.3. The molecule has 4 rings (SSSR count). The summed E-state index contributed by atoms with van der Waals surface area (Å²) in [5.74, 6) is -1.09. The van der Waals surface area contributed by atoms with Gasteiger partial charge >= 0.3 is 5.97 Å². The van der Waals surface area contributed by atoms with Gasteiger partial charge < -0.3 is 15.3 Å². The Morgan fingerprint density at radius 1 is 0.938 bits per heavy atom. The van der Waals surface area contributed by atoms with E-state index in [1.54, 1.807) is 0 Å². The second kappa shape index (κ2) is 9.92. The van der Waals surface area contributed by atoms with Crippen molar-refractivity contribution in [2.24, 2.45) is 4.99 Å². The Hall–Kier alpha value is -3.93. The molecule has 32 heavy (non-hydrogen) atoms. The van der Waals surface area contributed by atoms with E-state index in [2.05, 4.69) is 15.2 Å². The van der Waals surface area contributed by atoms with Gasteiger partial charge in [-0.15, -0.1) is 0 Å². The van der Waals surface area contributed by atoms with Crippen LogP contribution < -0.4 is 10.2 Å². The third-order valence-corrected chi connectivity index (χ3v) is 5.50. The fraction of sp³-hybridized carbons (Fsp3) is 0.192. The van der Waals surface area contributed by atoms with Crippen LogP contribution in [0.5, 0.6) is 0 Å². The number of aliphatic imine (C=N–C) groups is 1. The lowest BCUT2D eigenvalue weighted by molar-refractivity contribution is -0.135. The highest BCUT2D eigenvalue weighted by Crippen LogP contribution is 2.27. The molecule has 162 valence electrons. The van der Waals surface area contributed by atoms with Gasteiger partial charge in [-0.05, 0) is 31.0 Å². The number of carbonyl (C=O) groups is 2. The van der Waals surface area contributed by atoms with Crippen molar-refractivity contribution in [3.63, 3.8) is 0 Å². The van der Waals surface area contributed by atoms with E-state index < -0.39 is 5.97 Å². The Labute approximate surface area is 187 Å². The van der Waals surface area contributed by atoms with Crippen LogP contribution >= 0.6 is 0 Å². The highest BCUT2D eigenvalue weighted by molar-refractivity contribution is 6.17. The van der Waals surface area contributed by atoms with Gasteiger partial charge in [-0.1, -0.05) is 66.7 Å². The van der Waals surface area contributed by atoms with E-state index in [9.17, 15) is 9.59 Å². The monoisotopic (exact) mass is 428 g/mol. The number of hydrogen-bond acceptors (Lipinski definition) is 4. The molecular weight excluding hydrogens is 403 g/mol. The lowest BCUT2D eigenvalue weighted by Gasteiger charge is -2.26. The minimum atomic E-state index is -1.01. The molecule has 1 aliphatic rings. The van der Waals surface area contributed by atoms with Gasteiger partial charge in [-0.2, -0.15) is 0 Å². The maximum Gasteiger partial charge on any atom is 0.325 e. The van der Waals surface area contributed by atoms with Crippen molar-refractivity contribution in [3.8, 4) is 0 Å². The van der Waals surface area contributed by atoms with E-state index in [1.165, 1.54) is 0 Å². The van der Waals surface area contributed by atoms with Gasteiger partial charge in [0.25, 0.3) is 0 Å². The number of carbonyl (C=O) groups excluding carboxylic acids is 1. The Balaban J connectivity index is 1.63. The van der Waals surface area contributed by atoms with Gasteiger partial charge in [0.05, 0.1) is 11.4 Å². The average molecular weight is 428 g/mol. The molecule has 3 aromatic carbocycles. The molecule has 1 saturated heterocycles. The molecule has 1 amide bonds.